The smallest absolute Gasteiger partial charge is 0.161 e. The topological polar surface area (TPSA) is 20.3 Å². The lowest BCUT2D eigenvalue weighted by molar-refractivity contribution is 0.101. The van der Waals surface area contributed by atoms with Gasteiger partial charge in [-0.3, -0.25) is 4.79 Å². The Morgan fingerprint density at radius 1 is 1.50 bits per heavy atom. The maximum Gasteiger partial charge on any atom is 0.161 e. The molecule has 0 aliphatic rings. The summed E-state index contributed by atoms with van der Waals surface area (Å²) in [5.74, 6) is 1.18. The normalized spacial score (nSPS) is 12.3. The Balaban J connectivity index is 3.11. The fraction of sp³-hybridized carbons (Fsp3) is 0.500. The van der Waals surface area contributed by atoms with Gasteiger partial charge in [0, 0.05) is 34.6 Å². The summed E-state index contributed by atoms with van der Waals surface area (Å²) in [6.45, 7) is 3.80. The van der Waals surface area contributed by atoms with Gasteiger partial charge in [-0.1, -0.05) is 22.9 Å². The van der Waals surface area contributed by atoms with Gasteiger partial charge < -0.3 is 4.90 Å². The fourth-order valence-electron chi connectivity index (χ4n) is 1.99. The number of nitrogens with zero attached hydrogens (tertiary/aromatic N) is 1. The van der Waals surface area contributed by atoms with E-state index in [1.54, 1.807) is 6.92 Å². The second-order valence-electron chi connectivity index (χ2n) is 4.35. The number of thioether (sulfide) groups is 1. The Kier molecular flexibility index (Phi) is 6.22. The van der Waals surface area contributed by atoms with E-state index < -0.39 is 0 Å². The molecule has 0 aliphatic heterocycles. The van der Waals surface area contributed by atoms with Crippen LogP contribution in [0.1, 0.15) is 30.6 Å². The highest BCUT2D eigenvalue weighted by atomic mass is 79.9. The van der Waals surface area contributed by atoms with Gasteiger partial charge in [0.2, 0.25) is 0 Å². The standard InChI is InChI=1S/C14H20BrNOS/c1-5-12(9-18-4)16(3)14-7-6-11(15)8-13(14)10(2)17/h6-8,12H,5,9H2,1-4H3. The molecule has 0 saturated carbocycles. The van der Waals surface area contributed by atoms with Gasteiger partial charge in [-0.05, 0) is 37.8 Å². The zero-order chi connectivity index (χ0) is 13.7. The van der Waals surface area contributed by atoms with Crippen LogP contribution in [0, 0.1) is 0 Å². The van der Waals surface area contributed by atoms with E-state index in [4.69, 9.17) is 0 Å². The highest BCUT2D eigenvalue weighted by molar-refractivity contribution is 9.10. The summed E-state index contributed by atoms with van der Waals surface area (Å²) >= 11 is 5.26. The Hall–Kier alpha value is -0.480. The highest BCUT2D eigenvalue weighted by Crippen LogP contribution is 2.27. The number of Topliss-reactive ketones (excluding diaryl/α,β-unsaturated/α-hetero) is 1. The van der Waals surface area contributed by atoms with Crippen LogP contribution in [0.15, 0.2) is 22.7 Å². The Bertz CT molecular complexity index is 422. The average molecular weight is 330 g/mol. The van der Waals surface area contributed by atoms with Gasteiger partial charge in [-0.25, -0.2) is 0 Å². The molecule has 100 valence electrons. The highest BCUT2D eigenvalue weighted by Gasteiger charge is 2.17. The Labute approximate surface area is 122 Å². The molecular weight excluding hydrogens is 310 g/mol. The minimum Gasteiger partial charge on any atom is -0.370 e. The number of anilines is 1. The second-order valence-corrected chi connectivity index (χ2v) is 6.17. The first-order valence-electron chi connectivity index (χ1n) is 6.03. The summed E-state index contributed by atoms with van der Waals surface area (Å²) in [5, 5.41) is 0. The number of hydrogen-bond acceptors (Lipinski definition) is 3. The molecule has 1 rings (SSSR count). The van der Waals surface area contributed by atoms with Gasteiger partial charge >= 0.3 is 0 Å². The first-order valence-corrected chi connectivity index (χ1v) is 8.22. The molecule has 1 unspecified atom stereocenters. The monoisotopic (exact) mass is 329 g/mol. The van der Waals surface area contributed by atoms with Crippen molar-refractivity contribution in [2.45, 2.75) is 26.3 Å². The van der Waals surface area contributed by atoms with Crippen LogP contribution in [0.4, 0.5) is 5.69 Å². The molecule has 0 fully saturated rings. The van der Waals surface area contributed by atoms with Gasteiger partial charge in [0.25, 0.3) is 0 Å². The molecule has 1 aromatic rings. The van der Waals surface area contributed by atoms with E-state index in [2.05, 4.69) is 41.1 Å². The predicted octanol–water partition coefficient (Wildman–Crippen LogP) is 4.23. The molecule has 0 aliphatic carbocycles. The van der Waals surface area contributed by atoms with E-state index in [1.165, 1.54) is 0 Å². The molecule has 0 N–H and O–H groups in total. The summed E-state index contributed by atoms with van der Waals surface area (Å²) in [5.41, 5.74) is 1.80. The third-order valence-electron chi connectivity index (χ3n) is 3.10. The van der Waals surface area contributed by atoms with Crippen LogP contribution in [0.3, 0.4) is 0 Å². The number of rotatable bonds is 6. The zero-order valence-corrected chi connectivity index (χ0v) is 13.8. The molecule has 4 heteroatoms. The van der Waals surface area contributed by atoms with Crippen molar-refractivity contribution in [2.24, 2.45) is 0 Å². The van der Waals surface area contributed by atoms with Crippen molar-refractivity contribution in [3.63, 3.8) is 0 Å². The van der Waals surface area contributed by atoms with Crippen LogP contribution in [-0.4, -0.2) is 30.9 Å². The predicted molar refractivity (Wildman–Crippen MR) is 85.0 cm³/mol. The number of hydrogen-bond donors (Lipinski definition) is 0. The average Bonchev–Trinajstić information content (AvgIpc) is 2.35. The van der Waals surface area contributed by atoms with Crippen LogP contribution in [0.25, 0.3) is 0 Å². The number of carbonyl (C=O) groups excluding carboxylic acids is 1. The van der Waals surface area contributed by atoms with Crippen LogP contribution in [-0.2, 0) is 0 Å². The first-order chi connectivity index (χ1) is 8.51. The number of benzene rings is 1. The third kappa shape index (κ3) is 3.75. The molecule has 0 radical (unpaired) electrons. The molecule has 0 heterocycles. The molecule has 1 atom stereocenters. The van der Waals surface area contributed by atoms with E-state index in [0.29, 0.717) is 6.04 Å². The molecule has 0 aromatic heterocycles. The summed E-state index contributed by atoms with van der Waals surface area (Å²) in [4.78, 5) is 14.0. The van der Waals surface area contributed by atoms with Crippen LogP contribution >= 0.6 is 27.7 Å². The zero-order valence-electron chi connectivity index (χ0n) is 11.4. The quantitative estimate of drug-likeness (QED) is 0.728. The van der Waals surface area contributed by atoms with Crippen molar-refractivity contribution < 1.29 is 4.79 Å². The maximum atomic E-state index is 11.7. The fourth-order valence-corrected chi connectivity index (χ4v) is 3.20. The van der Waals surface area contributed by atoms with Crippen molar-refractivity contribution in [2.75, 3.05) is 24.0 Å². The van der Waals surface area contributed by atoms with Crippen LogP contribution in [0.2, 0.25) is 0 Å². The summed E-state index contributed by atoms with van der Waals surface area (Å²) in [6.07, 6.45) is 3.19. The number of ketones is 1. The van der Waals surface area contributed by atoms with E-state index in [-0.39, 0.29) is 5.78 Å². The molecule has 0 spiro atoms. The van der Waals surface area contributed by atoms with Gasteiger partial charge in [-0.2, -0.15) is 11.8 Å². The lowest BCUT2D eigenvalue weighted by Gasteiger charge is -2.30. The van der Waals surface area contributed by atoms with Crippen LogP contribution < -0.4 is 4.90 Å². The Morgan fingerprint density at radius 2 is 2.17 bits per heavy atom. The van der Waals surface area contributed by atoms with E-state index in [9.17, 15) is 4.79 Å². The van der Waals surface area contributed by atoms with Crippen molar-refractivity contribution in [3.05, 3.63) is 28.2 Å². The van der Waals surface area contributed by atoms with Crippen molar-refractivity contribution in [3.8, 4) is 0 Å². The Morgan fingerprint density at radius 3 is 2.67 bits per heavy atom. The first kappa shape index (κ1) is 15.6. The minimum atomic E-state index is 0.108. The van der Waals surface area contributed by atoms with Gasteiger partial charge in [-0.15, -0.1) is 0 Å². The van der Waals surface area contributed by atoms with Crippen molar-refractivity contribution in [1.29, 1.82) is 0 Å². The summed E-state index contributed by atoms with van der Waals surface area (Å²) in [6, 6.07) is 6.37. The van der Waals surface area contributed by atoms with Crippen molar-refractivity contribution in [1.82, 2.24) is 0 Å². The molecule has 1 aromatic carbocycles. The molecule has 2 nitrogen and oxygen atoms in total. The van der Waals surface area contributed by atoms with Gasteiger partial charge in [0.1, 0.15) is 0 Å². The molecule has 0 saturated heterocycles. The van der Waals surface area contributed by atoms with E-state index in [0.717, 1.165) is 27.9 Å². The van der Waals surface area contributed by atoms with E-state index >= 15 is 0 Å². The van der Waals surface area contributed by atoms with Gasteiger partial charge in [0.05, 0.1) is 0 Å². The lowest BCUT2D eigenvalue weighted by Crippen LogP contribution is -2.34. The number of halogens is 1. The summed E-state index contributed by atoms with van der Waals surface area (Å²) in [7, 11) is 2.07. The number of carbonyl (C=O) groups is 1. The van der Waals surface area contributed by atoms with E-state index in [1.807, 2.05) is 30.0 Å². The lowest BCUT2D eigenvalue weighted by atomic mass is 10.1. The second kappa shape index (κ2) is 7.19. The van der Waals surface area contributed by atoms with Gasteiger partial charge in [0.15, 0.2) is 5.78 Å². The largest absolute Gasteiger partial charge is 0.370 e. The minimum absolute atomic E-state index is 0.108. The molecule has 0 bridgehead atoms. The molecular formula is C14H20BrNOS. The van der Waals surface area contributed by atoms with Crippen LogP contribution in [0.5, 0.6) is 0 Å². The SMILES string of the molecule is CCC(CSC)N(C)c1ccc(Br)cc1C(C)=O. The molecule has 18 heavy (non-hydrogen) atoms. The molecule has 0 amide bonds. The van der Waals surface area contributed by atoms with Crippen molar-refractivity contribution >= 4 is 39.2 Å². The summed E-state index contributed by atoms with van der Waals surface area (Å²) < 4.78 is 0.947. The third-order valence-corrected chi connectivity index (χ3v) is 4.31. The maximum absolute atomic E-state index is 11.7.